The molecule has 1 saturated carbocycles. The predicted molar refractivity (Wildman–Crippen MR) is 63.7 cm³/mol. The van der Waals surface area contributed by atoms with E-state index in [2.05, 4.69) is 6.08 Å². The lowest BCUT2D eigenvalue weighted by molar-refractivity contribution is 0.210. The Bertz CT molecular complexity index is 211. The SMILES string of the molecule is OC1C=C(C2CCCCCC2)CCCC1. The third-order valence-electron chi connectivity index (χ3n) is 4.00. The molecule has 0 heterocycles. The average molecular weight is 208 g/mol. The molecule has 0 bridgehead atoms. The number of hydrogen-bond donors (Lipinski definition) is 1. The Hall–Kier alpha value is -0.300. The van der Waals surface area contributed by atoms with Crippen molar-refractivity contribution in [2.24, 2.45) is 5.92 Å². The fourth-order valence-electron chi connectivity index (χ4n) is 3.09. The number of allylic oxidation sites excluding steroid dienone is 1. The molecule has 2 aliphatic carbocycles. The normalized spacial score (nSPS) is 30.5. The van der Waals surface area contributed by atoms with E-state index in [4.69, 9.17) is 0 Å². The first-order valence-corrected chi connectivity index (χ1v) is 6.75. The molecule has 1 unspecified atom stereocenters. The first-order chi connectivity index (χ1) is 7.36. The van der Waals surface area contributed by atoms with Gasteiger partial charge in [0.2, 0.25) is 0 Å². The van der Waals surface area contributed by atoms with Crippen molar-refractivity contribution >= 4 is 0 Å². The fourth-order valence-corrected chi connectivity index (χ4v) is 3.09. The van der Waals surface area contributed by atoms with Gasteiger partial charge < -0.3 is 5.11 Å². The highest BCUT2D eigenvalue weighted by Crippen LogP contribution is 2.33. The van der Waals surface area contributed by atoms with Gasteiger partial charge in [-0.05, 0) is 38.0 Å². The van der Waals surface area contributed by atoms with E-state index in [0.29, 0.717) is 0 Å². The molecule has 86 valence electrons. The summed E-state index contributed by atoms with van der Waals surface area (Å²) in [6, 6.07) is 0. The van der Waals surface area contributed by atoms with Crippen LogP contribution in [0.25, 0.3) is 0 Å². The van der Waals surface area contributed by atoms with Crippen LogP contribution in [0.4, 0.5) is 0 Å². The summed E-state index contributed by atoms with van der Waals surface area (Å²) in [4.78, 5) is 0. The van der Waals surface area contributed by atoms with Crippen LogP contribution in [0.2, 0.25) is 0 Å². The van der Waals surface area contributed by atoms with Crippen molar-refractivity contribution in [2.45, 2.75) is 70.3 Å². The Labute approximate surface area is 93.6 Å². The zero-order chi connectivity index (χ0) is 10.5. The van der Waals surface area contributed by atoms with Crippen LogP contribution in [0.3, 0.4) is 0 Å². The smallest absolute Gasteiger partial charge is 0.0723 e. The van der Waals surface area contributed by atoms with Gasteiger partial charge >= 0.3 is 0 Å². The van der Waals surface area contributed by atoms with Crippen molar-refractivity contribution in [3.63, 3.8) is 0 Å². The van der Waals surface area contributed by atoms with Crippen molar-refractivity contribution in [1.82, 2.24) is 0 Å². The first-order valence-electron chi connectivity index (χ1n) is 6.75. The van der Waals surface area contributed by atoms with Crippen molar-refractivity contribution in [1.29, 1.82) is 0 Å². The molecule has 0 amide bonds. The molecule has 15 heavy (non-hydrogen) atoms. The van der Waals surface area contributed by atoms with E-state index < -0.39 is 0 Å². The van der Waals surface area contributed by atoms with Crippen molar-refractivity contribution in [3.8, 4) is 0 Å². The molecule has 1 atom stereocenters. The van der Waals surface area contributed by atoms with Crippen LogP contribution >= 0.6 is 0 Å². The zero-order valence-corrected chi connectivity index (χ0v) is 9.75. The quantitative estimate of drug-likeness (QED) is 0.513. The summed E-state index contributed by atoms with van der Waals surface area (Å²) >= 11 is 0. The second kappa shape index (κ2) is 5.69. The van der Waals surface area contributed by atoms with E-state index in [1.807, 2.05) is 0 Å². The minimum atomic E-state index is -0.147. The maximum Gasteiger partial charge on any atom is 0.0723 e. The monoisotopic (exact) mass is 208 g/mol. The van der Waals surface area contributed by atoms with Crippen LogP contribution < -0.4 is 0 Å². The van der Waals surface area contributed by atoms with Gasteiger partial charge in [0.15, 0.2) is 0 Å². The number of aliphatic hydroxyl groups is 1. The second-order valence-electron chi connectivity index (χ2n) is 5.24. The molecule has 1 heteroatoms. The fraction of sp³-hybridized carbons (Fsp3) is 0.857. The minimum absolute atomic E-state index is 0.147. The van der Waals surface area contributed by atoms with Gasteiger partial charge in [0.25, 0.3) is 0 Å². The molecule has 1 nitrogen and oxygen atoms in total. The topological polar surface area (TPSA) is 20.2 Å². The Morgan fingerprint density at radius 1 is 0.867 bits per heavy atom. The molecule has 0 aromatic carbocycles. The largest absolute Gasteiger partial charge is 0.389 e. The van der Waals surface area contributed by atoms with E-state index >= 15 is 0 Å². The molecule has 2 rings (SSSR count). The van der Waals surface area contributed by atoms with Gasteiger partial charge in [-0.15, -0.1) is 0 Å². The van der Waals surface area contributed by atoms with Gasteiger partial charge in [-0.25, -0.2) is 0 Å². The number of aliphatic hydroxyl groups excluding tert-OH is 1. The molecule has 0 aromatic heterocycles. The van der Waals surface area contributed by atoms with Crippen molar-refractivity contribution in [2.75, 3.05) is 0 Å². The van der Waals surface area contributed by atoms with Gasteiger partial charge in [0.1, 0.15) is 0 Å². The number of hydrogen-bond acceptors (Lipinski definition) is 1. The molecule has 2 aliphatic rings. The van der Waals surface area contributed by atoms with Crippen LogP contribution in [-0.4, -0.2) is 11.2 Å². The number of rotatable bonds is 1. The molecule has 0 aliphatic heterocycles. The maximum absolute atomic E-state index is 9.78. The van der Waals surface area contributed by atoms with Crippen LogP contribution in [0.15, 0.2) is 11.6 Å². The first kappa shape index (κ1) is 11.2. The minimum Gasteiger partial charge on any atom is -0.389 e. The Morgan fingerprint density at radius 3 is 2.27 bits per heavy atom. The summed E-state index contributed by atoms with van der Waals surface area (Å²) in [5.41, 5.74) is 1.59. The zero-order valence-electron chi connectivity index (χ0n) is 9.75. The summed E-state index contributed by atoms with van der Waals surface area (Å²) in [5.74, 6) is 0.806. The highest BCUT2D eigenvalue weighted by Gasteiger charge is 2.19. The Morgan fingerprint density at radius 2 is 1.53 bits per heavy atom. The summed E-state index contributed by atoms with van der Waals surface area (Å²) in [6.07, 6.45) is 15.2. The standard InChI is InChI=1S/C14H24O/c15-14-10-6-5-9-13(11-14)12-7-3-1-2-4-8-12/h11-12,14-15H,1-10H2. The molecule has 1 fully saturated rings. The molecule has 0 saturated heterocycles. The lowest BCUT2D eigenvalue weighted by Crippen LogP contribution is -2.06. The van der Waals surface area contributed by atoms with Crippen molar-refractivity contribution < 1.29 is 5.11 Å². The Kier molecular flexibility index (Phi) is 4.25. The Balaban J connectivity index is 1.99. The van der Waals surface area contributed by atoms with Gasteiger partial charge in [-0.1, -0.05) is 43.8 Å². The van der Waals surface area contributed by atoms with E-state index in [9.17, 15) is 5.11 Å². The van der Waals surface area contributed by atoms with Gasteiger partial charge in [-0.3, -0.25) is 0 Å². The maximum atomic E-state index is 9.78. The van der Waals surface area contributed by atoms with Gasteiger partial charge in [0, 0.05) is 0 Å². The summed E-state index contributed by atoms with van der Waals surface area (Å²) in [5, 5.41) is 9.78. The van der Waals surface area contributed by atoms with Crippen molar-refractivity contribution in [3.05, 3.63) is 11.6 Å². The van der Waals surface area contributed by atoms with Gasteiger partial charge in [-0.2, -0.15) is 0 Å². The summed E-state index contributed by atoms with van der Waals surface area (Å²) in [7, 11) is 0. The highest BCUT2D eigenvalue weighted by molar-refractivity contribution is 5.11. The summed E-state index contributed by atoms with van der Waals surface area (Å²) < 4.78 is 0. The molecule has 0 aromatic rings. The molecule has 1 N–H and O–H groups in total. The highest BCUT2D eigenvalue weighted by atomic mass is 16.3. The average Bonchev–Trinajstić information content (AvgIpc) is 2.59. The van der Waals surface area contributed by atoms with E-state index in [1.165, 1.54) is 57.8 Å². The predicted octanol–water partition coefficient (Wildman–Crippen LogP) is 3.82. The molecular formula is C14H24O. The van der Waals surface area contributed by atoms with E-state index in [0.717, 1.165) is 12.3 Å². The van der Waals surface area contributed by atoms with Crippen LogP contribution in [-0.2, 0) is 0 Å². The van der Waals surface area contributed by atoms with Crippen LogP contribution in [0, 0.1) is 5.92 Å². The van der Waals surface area contributed by atoms with Crippen LogP contribution in [0.1, 0.15) is 64.2 Å². The molecular weight excluding hydrogens is 184 g/mol. The third kappa shape index (κ3) is 3.34. The van der Waals surface area contributed by atoms with E-state index in [1.54, 1.807) is 5.57 Å². The second-order valence-corrected chi connectivity index (χ2v) is 5.24. The van der Waals surface area contributed by atoms with E-state index in [-0.39, 0.29) is 6.10 Å². The lowest BCUT2D eigenvalue weighted by atomic mass is 9.88. The summed E-state index contributed by atoms with van der Waals surface area (Å²) in [6.45, 7) is 0. The molecule has 0 radical (unpaired) electrons. The third-order valence-corrected chi connectivity index (χ3v) is 4.00. The lowest BCUT2D eigenvalue weighted by Gasteiger charge is -2.18. The van der Waals surface area contributed by atoms with Crippen LogP contribution in [0.5, 0.6) is 0 Å². The van der Waals surface area contributed by atoms with Gasteiger partial charge in [0.05, 0.1) is 6.10 Å². The molecule has 0 spiro atoms.